The van der Waals surface area contributed by atoms with Gasteiger partial charge in [-0.15, -0.1) is 0 Å². The molecule has 68 heavy (non-hydrogen) atoms. The zero-order valence-corrected chi connectivity index (χ0v) is 39.7. The van der Waals surface area contributed by atoms with Crippen molar-refractivity contribution in [2.45, 2.75) is 65.3 Å². The largest absolute Gasteiger partial charge is 0.497 e. The van der Waals surface area contributed by atoms with Crippen molar-refractivity contribution in [1.29, 1.82) is 0 Å². The molecule has 1 amide bonds. The van der Waals surface area contributed by atoms with E-state index >= 15 is 0 Å². The molecule has 0 radical (unpaired) electrons. The number of hydrazone groups is 1. The summed E-state index contributed by atoms with van der Waals surface area (Å²) in [7, 11) is 3.11. The minimum Gasteiger partial charge on any atom is -0.497 e. The Labute approximate surface area is 399 Å². The molecule has 0 bridgehead atoms. The molecule has 6 rings (SSSR count). The van der Waals surface area contributed by atoms with E-state index in [1.807, 2.05) is 62.4 Å². The Morgan fingerprint density at radius 2 is 1.65 bits per heavy atom. The van der Waals surface area contributed by atoms with Crippen LogP contribution in [0.4, 0.5) is 5.13 Å². The van der Waals surface area contributed by atoms with E-state index < -0.39 is 30.3 Å². The van der Waals surface area contributed by atoms with E-state index in [1.54, 1.807) is 62.6 Å². The van der Waals surface area contributed by atoms with E-state index in [0.717, 1.165) is 26.7 Å². The van der Waals surface area contributed by atoms with Crippen LogP contribution in [0.2, 0.25) is 0 Å². The first kappa shape index (κ1) is 50.5. The molecule has 1 aliphatic rings. The summed E-state index contributed by atoms with van der Waals surface area (Å²) in [6.07, 6.45) is 7.24. The summed E-state index contributed by atoms with van der Waals surface area (Å²) in [6, 6.07) is 25.4. The van der Waals surface area contributed by atoms with E-state index in [4.69, 9.17) is 42.9 Å². The van der Waals surface area contributed by atoms with Gasteiger partial charge in [0.25, 0.3) is 0 Å². The smallest absolute Gasteiger partial charge is 0.330 e. The summed E-state index contributed by atoms with van der Waals surface area (Å²) in [5.74, 6) is -0.545. The molecule has 358 valence electrons. The first-order valence-electron chi connectivity index (χ1n) is 22.5. The maximum Gasteiger partial charge on any atom is 0.330 e. The number of carbonyl (C=O) groups excluding carboxylic acids is 4. The highest BCUT2D eigenvalue weighted by Crippen LogP contribution is 2.32. The molecule has 4 aromatic carbocycles. The van der Waals surface area contributed by atoms with Gasteiger partial charge in [-0.25, -0.2) is 9.78 Å². The summed E-state index contributed by atoms with van der Waals surface area (Å²) in [5, 5.41) is 8.04. The molecule has 0 fully saturated rings. The second-order valence-electron chi connectivity index (χ2n) is 15.7. The van der Waals surface area contributed by atoms with Gasteiger partial charge in [-0.3, -0.25) is 14.4 Å². The maximum atomic E-state index is 14.2. The number of ether oxygens (including phenoxy) is 8. The highest BCUT2D eigenvalue weighted by Gasteiger charge is 2.28. The summed E-state index contributed by atoms with van der Waals surface area (Å²) in [6.45, 7) is 9.77. The van der Waals surface area contributed by atoms with Gasteiger partial charge >= 0.3 is 17.9 Å². The second kappa shape index (κ2) is 25.3. The summed E-state index contributed by atoms with van der Waals surface area (Å²) < 4.78 is 46.8. The number of amides is 1. The quantitative estimate of drug-likeness (QED) is 0.0106. The Morgan fingerprint density at radius 1 is 0.882 bits per heavy atom. The summed E-state index contributed by atoms with van der Waals surface area (Å²) in [5.41, 5.74) is 1.73. The van der Waals surface area contributed by atoms with Gasteiger partial charge in [0.2, 0.25) is 17.3 Å². The van der Waals surface area contributed by atoms with Gasteiger partial charge in [0, 0.05) is 43.8 Å². The zero-order valence-electron chi connectivity index (χ0n) is 38.9. The lowest BCUT2D eigenvalue weighted by Crippen LogP contribution is -2.36. The normalized spacial score (nSPS) is 15.0. The monoisotopic (exact) mass is 947 g/mol. The Balaban J connectivity index is 1.20. The lowest BCUT2D eigenvalue weighted by atomic mass is 9.88. The first-order chi connectivity index (χ1) is 33.0. The van der Waals surface area contributed by atoms with Gasteiger partial charge in [-0.2, -0.15) is 10.1 Å². The highest BCUT2D eigenvalue weighted by molar-refractivity contribution is 7.22. The molecule has 0 saturated carbocycles. The lowest BCUT2D eigenvalue weighted by molar-refractivity contribution is -0.153. The second-order valence-corrected chi connectivity index (χ2v) is 16.7. The number of aromatic nitrogens is 1. The maximum absolute atomic E-state index is 14.2. The van der Waals surface area contributed by atoms with Crippen molar-refractivity contribution in [1.82, 2.24) is 4.98 Å². The molecule has 5 aromatic rings. The lowest BCUT2D eigenvalue weighted by Gasteiger charge is -2.22. The van der Waals surface area contributed by atoms with Gasteiger partial charge in [0.15, 0.2) is 6.10 Å². The van der Waals surface area contributed by atoms with Crippen LogP contribution in [0.1, 0.15) is 70.3 Å². The van der Waals surface area contributed by atoms with Crippen molar-refractivity contribution in [3.63, 3.8) is 0 Å². The van der Waals surface area contributed by atoms with Crippen LogP contribution in [0, 0.1) is 11.8 Å². The fraction of sp³-hybridized carbons (Fsp3) is 0.346. The van der Waals surface area contributed by atoms with Crippen LogP contribution in [0.25, 0.3) is 22.4 Å². The number of methoxy groups -OCH3 is 2. The average molecular weight is 948 g/mol. The number of hydrogen-bond donors (Lipinski definition) is 0. The molecular weight excluding hydrogens is 891 g/mol. The topological polar surface area (TPSA) is 171 Å². The summed E-state index contributed by atoms with van der Waals surface area (Å²) >= 11 is 1.35. The number of rotatable bonds is 25. The molecule has 1 aromatic heterocycles. The number of nitrogens with zero attached hydrogens (tertiary/aromatic N) is 3. The van der Waals surface area contributed by atoms with E-state index in [2.05, 4.69) is 11.7 Å². The van der Waals surface area contributed by atoms with Crippen molar-refractivity contribution in [3.05, 3.63) is 119 Å². The van der Waals surface area contributed by atoms with Crippen LogP contribution in [-0.4, -0.2) is 81.8 Å². The van der Waals surface area contributed by atoms with Gasteiger partial charge < -0.3 is 37.9 Å². The molecular formula is C52H57N3O12S. The van der Waals surface area contributed by atoms with E-state index in [0.29, 0.717) is 59.4 Å². The fourth-order valence-corrected chi connectivity index (χ4v) is 7.95. The van der Waals surface area contributed by atoms with Crippen molar-refractivity contribution in [2.24, 2.45) is 16.9 Å². The summed E-state index contributed by atoms with van der Waals surface area (Å²) in [4.78, 5) is 55.8. The molecule has 0 aliphatic heterocycles. The standard InChI is InChI=1S/C52H57N3O12S/c1-7-14-47(56)55(52-54-44-15-10-11-16-46(44)68-52)53-31-38-28-36(51(61-6)66-40-22-20-39(60-5)21-23-40)18-24-45(38)67-50(59)43-30-35-17-19-41(29-37(35)27-34(43)4)64-33-42(65-49(58)9-3)32-62-25-12-13-26-63-48(57)8-2/h8,10-11,15-24,27-31,34,42-43,51H,2,7,9,12-14,25-26,32-33H2,1,3-6H3/b53-31+. The third kappa shape index (κ3) is 14.1. The number of anilines is 1. The van der Waals surface area contributed by atoms with Gasteiger partial charge in [0.1, 0.15) is 29.6 Å². The molecule has 0 spiro atoms. The molecule has 0 N–H and O–H groups in total. The third-order valence-electron chi connectivity index (χ3n) is 10.6. The van der Waals surface area contributed by atoms with Gasteiger partial charge in [-0.05, 0) is 102 Å². The van der Waals surface area contributed by atoms with Crippen LogP contribution in [0.5, 0.6) is 23.0 Å². The Kier molecular flexibility index (Phi) is 18.8. The van der Waals surface area contributed by atoms with Crippen molar-refractivity contribution < 1.29 is 57.1 Å². The van der Waals surface area contributed by atoms with E-state index in [1.165, 1.54) is 29.7 Å². The predicted molar refractivity (Wildman–Crippen MR) is 259 cm³/mol. The number of fused-ring (bicyclic) bond motifs is 2. The van der Waals surface area contributed by atoms with Gasteiger partial charge in [0.05, 0.1) is 42.7 Å². The average Bonchev–Trinajstić information content (AvgIpc) is 3.78. The number of benzene rings is 4. The highest BCUT2D eigenvalue weighted by atomic mass is 32.1. The van der Waals surface area contributed by atoms with Crippen molar-refractivity contribution in [2.75, 3.05) is 45.7 Å². The SMILES string of the molecule is C=CC(=O)OCCCCOCC(COc1ccc2c(c1)=CC(C)C(C(=O)Oc1ccc(C(OC)Oc3ccc(OC)cc3)cc1/C=N/N(C(=O)CCC)c1nc3ccccc3s1)C=2)OC(=O)CC. The fourth-order valence-electron chi connectivity index (χ4n) is 7.01. The Morgan fingerprint density at radius 3 is 2.38 bits per heavy atom. The minimum atomic E-state index is -0.863. The van der Waals surface area contributed by atoms with E-state index in [9.17, 15) is 19.2 Å². The molecule has 4 atom stereocenters. The molecule has 16 heteroatoms. The molecule has 4 unspecified atom stereocenters. The number of carbonyl (C=O) groups is 4. The Hall–Kier alpha value is -6.88. The number of hydrogen-bond acceptors (Lipinski definition) is 15. The van der Waals surface area contributed by atoms with Crippen molar-refractivity contribution >= 4 is 68.9 Å². The number of unbranched alkanes of at least 4 members (excludes halogenated alkanes) is 1. The minimum absolute atomic E-state index is 0.0595. The number of esters is 3. The Bertz CT molecular complexity index is 2650. The van der Waals surface area contributed by atoms with E-state index in [-0.39, 0.29) is 56.2 Å². The number of thiazole rings is 1. The van der Waals surface area contributed by atoms with Crippen LogP contribution >= 0.6 is 11.3 Å². The van der Waals surface area contributed by atoms with Crippen LogP contribution in [0.3, 0.4) is 0 Å². The predicted octanol–water partition coefficient (Wildman–Crippen LogP) is 7.86. The number of para-hydroxylation sites is 1. The van der Waals surface area contributed by atoms with Crippen molar-refractivity contribution in [3.8, 4) is 23.0 Å². The van der Waals surface area contributed by atoms with Crippen LogP contribution < -0.4 is 34.4 Å². The molecule has 1 aliphatic carbocycles. The first-order valence-corrected chi connectivity index (χ1v) is 23.3. The van der Waals surface area contributed by atoms with Crippen LogP contribution in [-0.2, 0) is 38.1 Å². The van der Waals surface area contributed by atoms with Gasteiger partial charge in [-0.1, -0.05) is 69.0 Å². The zero-order chi connectivity index (χ0) is 48.4. The molecule has 1 heterocycles. The molecule has 0 saturated heterocycles. The molecule has 15 nitrogen and oxygen atoms in total. The third-order valence-corrected chi connectivity index (χ3v) is 11.6. The van der Waals surface area contributed by atoms with Crippen LogP contribution in [0.15, 0.2) is 103 Å².